The van der Waals surface area contributed by atoms with Gasteiger partial charge in [0.25, 0.3) is 0 Å². The molecule has 0 unspecified atom stereocenters. The van der Waals surface area contributed by atoms with Crippen molar-refractivity contribution < 1.29 is 9.52 Å². The van der Waals surface area contributed by atoms with Crippen LogP contribution < -0.4 is 0 Å². The van der Waals surface area contributed by atoms with Crippen LogP contribution in [0.25, 0.3) is 83.3 Å². The van der Waals surface area contributed by atoms with E-state index in [-0.39, 0.29) is 22.0 Å². The number of aryl methyl sites for hydroxylation is 1. The molecule has 58 heavy (non-hydrogen) atoms. The molecule has 9 aromatic rings. The largest absolute Gasteiger partial charge is 0.507 e. The Balaban J connectivity index is 1.37. The molecule has 0 aliphatic rings. The highest BCUT2D eigenvalue weighted by molar-refractivity contribution is 6.13. The smallest absolute Gasteiger partial charge is 0.147 e. The summed E-state index contributed by atoms with van der Waals surface area (Å²) in [6.45, 7) is 22.2. The number of aromatic hydroxyl groups is 1. The maximum atomic E-state index is 11.6. The van der Waals surface area contributed by atoms with E-state index in [9.17, 15) is 5.11 Å². The van der Waals surface area contributed by atoms with Crippen LogP contribution in [0.3, 0.4) is 0 Å². The van der Waals surface area contributed by atoms with Gasteiger partial charge in [-0.3, -0.25) is 14.5 Å². The summed E-state index contributed by atoms with van der Waals surface area (Å²) in [6.07, 6.45) is 1.90. The van der Waals surface area contributed by atoms with Crippen LogP contribution in [0.15, 0.2) is 120 Å². The Kier molecular flexibility index (Phi) is 8.45. The molecule has 0 radical (unpaired) electrons. The van der Waals surface area contributed by atoms with Gasteiger partial charge in [-0.2, -0.15) is 0 Å². The van der Waals surface area contributed by atoms with Crippen LogP contribution in [0.5, 0.6) is 5.75 Å². The fourth-order valence-corrected chi connectivity index (χ4v) is 8.10. The number of furan rings is 1. The number of nitrogens with zero attached hydrogens (tertiary/aromatic N) is 4. The van der Waals surface area contributed by atoms with Crippen molar-refractivity contribution in [2.75, 3.05) is 0 Å². The lowest BCUT2D eigenvalue weighted by Gasteiger charge is -2.23. The summed E-state index contributed by atoms with van der Waals surface area (Å²) >= 11 is 0. The van der Waals surface area contributed by atoms with Crippen LogP contribution >= 0.6 is 0 Å². The third-order valence-electron chi connectivity index (χ3n) is 11.5. The van der Waals surface area contributed by atoms with E-state index in [4.69, 9.17) is 19.4 Å². The number of para-hydroxylation sites is 2. The molecule has 1 N–H and O–H groups in total. The topological polar surface area (TPSA) is 77.0 Å². The number of imidazole rings is 1. The normalized spacial score (nSPS) is 12.7. The molecule has 0 fully saturated rings. The summed E-state index contributed by atoms with van der Waals surface area (Å²) < 4.78 is 8.75. The molecule has 5 aromatic carbocycles. The molecule has 6 heteroatoms. The van der Waals surface area contributed by atoms with Crippen LogP contribution in [-0.2, 0) is 16.2 Å². The van der Waals surface area contributed by atoms with Crippen LogP contribution in [0.4, 0.5) is 0 Å². The van der Waals surface area contributed by atoms with Crippen LogP contribution in [-0.4, -0.2) is 24.6 Å². The van der Waals surface area contributed by atoms with Gasteiger partial charge in [0, 0.05) is 55.8 Å². The molecule has 0 bridgehead atoms. The number of phenolic OH excluding ortho intramolecular Hbond substituents is 1. The fourth-order valence-electron chi connectivity index (χ4n) is 8.10. The fraction of sp³-hybridized carbons (Fsp3) is 0.250. The first-order valence-corrected chi connectivity index (χ1v) is 20.2. The third kappa shape index (κ3) is 6.23. The van der Waals surface area contributed by atoms with Crippen LogP contribution in [0.1, 0.15) is 84.7 Å². The van der Waals surface area contributed by atoms with Crippen molar-refractivity contribution in [3.05, 3.63) is 138 Å². The van der Waals surface area contributed by atoms with Crippen molar-refractivity contribution in [3.8, 4) is 45.2 Å². The zero-order chi connectivity index (χ0) is 40.9. The predicted molar refractivity (Wildman–Crippen MR) is 240 cm³/mol. The average molecular weight is 763 g/mol. The Morgan fingerprint density at radius 2 is 1.34 bits per heavy atom. The second-order valence-corrected chi connectivity index (χ2v) is 18.8. The molecule has 9 rings (SSSR count). The van der Waals surface area contributed by atoms with Crippen molar-refractivity contribution in [2.45, 2.75) is 85.5 Å². The van der Waals surface area contributed by atoms with Crippen molar-refractivity contribution in [2.24, 2.45) is 0 Å². The minimum absolute atomic E-state index is 0.00725. The van der Waals surface area contributed by atoms with E-state index in [0.717, 1.165) is 77.9 Å². The minimum atomic E-state index is -0.273. The van der Waals surface area contributed by atoms with Crippen LogP contribution in [0.2, 0.25) is 0 Å². The van der Waals surface area contributed by atoms with Crippen molar-refractivity contribution in [3.63, 3.8) is 0 Å². The molecule has 0 amide bonds. The number of hydrogen-bond acceptors (Lipinski definition) is 5. The molecule has 0 atom stereocenters. The summed E-state index contributed by atoms with van der Waals surface area (Å²) in [5.74, 6) is 0.913. The molecule has 4 aromatic heterocycles. The molecular formula is C52H50N4O2. The minimum Gasteiger partial charge on any atom is -0.507 e. The molecule has 0 aliphatic carbocycles. The number of pyridine rings is 2. The molecular weight excluding hydrogens is 713 g/mol. The van der Waals surface area contributed by atoms with Gasteiger partial charge in [0.1, 0.15) is 22.7 Å². The number of rotatable bonds is 4. The summed E-state index contributed by atoms with van der Waals surface area (Å²) in [5.41, 5.74) is 13.4. The Bertz CT molecular complexity index is 3070. The lowest BCUT2D eigenvalue weighted by atomic mass is 9.83. The molecule has 4 heterocycles. The monoisotopic (exact) mass is 762 g/mol. The Labute approximate surface area is 340 Å². The zero-order valence-corrected chi connectivity index (χ0v) is 35.1. The molecule has 0 aliphatic heterocycles. The number of aromatic nitrogens is 4. The second-order valence-electron chi connectivity index (χ2n) is 18.8. The number of fused-ring (bicyclic) bond motifs is 5. The summed E-state index contributed by atoms with van der Waals surface area (Å²) in [7, 11) is 0. The molecule has 290 valence electrons. The van der Waals surface area contributed by atoms with Gasteiger partial charge in [0.2, 0.25) is 0 Å². The lowest BCUT2D eigenvalue weighted by Crippen LogP contribution is -2.15. The van der Waals surface area contributed by atoms with Crippen molar-refractivity contribution in [1.29, 1.82) is 0 Å². The maximum absolute atomic E-state index is 11.6. The molecule has 0 saturated heterocycles. The van der Waals surface area contributed by atoms with Gasteiger partial charge in [-0.1, -0.05) is 105 Å². The van der Waals surface area contributed by atoms with E-state index in [2.05, 4.69) is 141 Å². The summed E-state index contributed by atoms with van der Waals surface area (Å²) in [4.78, 5) is 15.9. The second kappa shape index (κ2) is 13.1. The number of phenols is 1. The van der Waals surface area contributed by atoms with Gasteiger partial charge in [-0.25, -0.2) is 4.98 Å². The zero-order valence-electron chi connectivity index (χ0n) is 35.1. The average Bonchev–Trinajstić information content (AvgIpc) is 3.76. The van der Waals surface area contributed by atoms with Gasteiger partial charge in [0.15, 0.2) is 0 Å². The van der Waals surface area contributed by atoms with Gasteiger partial charge >= 0.3 is 0 Å². The highest BCUT2D eigenvalue weighted by Crippen LogP contribution is 2.45. The van der Waals surface area contributed by atoms with E-state index in [0.29, 0.717) is 11.1 Å². The first-order valence-electron chi connectivity index (χ1n) is 20.2. The van der Waals surface area contributed by atoms with Gasteiger partial charge < -0.3 is 9.52 Å². The standard InChI is InChI=1S/C52H50N4O2/c1-30-24-25-53-46-38(30)28-33(51(5,6)7)29-39(46)40-26-31(27-44(54-40)52(8,9)10)49-55-47-37(45-42(57)23-22-36-35-14-11-12-17-43(35)58-48(36)45)15-13-16-41(47)56(49)34-20-18-32(19-21-34)50(2,3)4/h11-29,57H,1-10H3. The summed E-state index contributed by atoms with van der Waals surface area (Å²) in [6, 6.07) is 37.7. The molecule has 0 saturated carbocycles. The Hall–Kier alpha value is -6.27. The molecule has 6 nitrogen and oxygen atoms in total. The number of benzene rings is 5. The highest BCUT2D eigenvalue weighted by atomic mass is 16.3. The third-order valence-corrected chi connectivity index (χ3v) is 11.5. The quantitative estimate of drug-likeness (QED) is 0.193. The van der Waals surface area contributed by atoms with Crippen molar-refractivity contribution >= 4 is 43.9 Å². The summed E-state index contributed by atoms with van der Waals surface area (Å²) in [5, 5.41) is 14.7. The van der Waals surface area contributed by atoms with E-state index in [1.54, 1.807) is 6.07 Å². The van der Waals surface area contributed by atoms with E-state index in [1.807, 2.05) is 42.6 Å². The Morgan fingerprint density at radius 1 is 0.603 bits per heavy atom. The van der Waals surface area contributed by atoms with E-state index >= 15 is 0 Å². The maximum Gasteiger partial charge on any atom is 0.147 e. The SMILES string of the molecule is Cc1ccnc2c(-c3cc(-c4nc5c(-c6c(O)ccc7c6oc6ccccc67)cccc5n4-c4ccc(C(C)(C)C)cc4)cc(C(C)(C)C)n3)cc(C(C)(C)C)cc12. The number of hydrogen-bond donors (Lipinski definition) is 1. The Morgan fingerprint density at radius 3 is 2.07 bits per heavy atom. The first kappa shape index (κ1) is 37.3. The van der Waals surface area contributed by atoms with Gasteiger partial charge in [-0.15, -0.1) is 0 Å². The van der Waals surface area contributed by atoms with E-state index < -0.39 is 0 Å². The van der Waals surface area contributed by atoms with Crippen molar-refractivity contribution in [1.82, 2.24) is 19.5 Å². The highest BCUT2D eigenvalue weighted by Gasteiger charge is 2.27. The predicted octanol–water partition coefficient (Wildman–Crippen LogP) is 13.8. The van der Waals surface area contributed by atoms with Gasteiger partial charge in [-0.05, 0) is 101 Å². The lowest BCUT2D eigenvalue weighted by molar-refractivity contribution is 0.477. The molecule has 0 spiro atoms. The van der Waals surface area contributed by atoms with E-state index in [1.165, 1.54) is 16.7 Å². The first-order chi connectivity index (χ1) is 27.5. The van der Waals surface area contributed by atoms with Crippen LogP contribution in [0, 0.1) is 6.92 Å². The van der Waals surface area contributed by atoms with Gasteiger partial charge in [0.05, 0.1) is 27.8 Å².